The molecule has 3 nitrogen and oxygen atoms in total. The van der Waals surface area contributed by atoms with E-state index in [1.165, 1.54) is 25.7 Å². The Morgan fingerprint density at radius 2 is 2.10 bits per heavy atom. The number of benzene rings is 1. The van der Waals surface area contributed by atoms with Crippen molar-refractivity contribution in [2.24, 2.45) is 5.92 Å². The Labute approximate surface area is 125 Å². The molecule has 1 N–H and O–H groups in total. The van der Waals surface area contributed by atoms with Crippen LogP contribution in [0.25, 0.3) is 0 Å². The lowest BCUT2D eigenvalue weighted by molar-refractivity contribution is 0.271. The van der Waals surface area contributed by atoms with Gasteiger partial charge < -0.3 is 14.8 Å². The number of halogens is 1. The number of hydrogen-bond donors (Lipinski definition) is 1. The molecule has 1 aromatic carbocycles. The Balaban J connectivity index is 1.90. The quantitative estimate of drug-likeness (QED) is 0.892. The zero-order chi connectivity index (χ0) is 13.9. The topological polar surface area (TPSA) is 30.5 Å². The van der Waals surface area contributed by atoms with Crippen LogP contribution in [0.1, 0.15) is 43.7 Å². The summed E-state index contributed by atoms with van der Waals surface area (Å²) in [6.45, 7) is 1.82. The van der Waals surface area contributed by atoms with Crippen LogP contribution in [0, 0.1) is 5.92 Å². The summed E-state index contributed by atoms with van der Waals surface area (Å²) in [5.74, 6) is 2.34. The van der Waals surface area contributed by atoms with Gasteiger partial charge in [-0.1, -0.05) is 18.0 Å². The lowest BCUT2D eigenvalue weighted by atomic mass is 9.96. The standard InChI is InChI=1S/C16H22ClNO2/c1-19-14-8-7-12(17)15(13-4-2-3-9-18-13)16(14)20-10-11-5-6-11/h7-8,11,13,18H,2-6,9-10H2,1H3. The van der Waals surface area contributed by atoms with Crippen molar-refractivity contribution in [3.63, 3.8) is 0 Å². The third kappa shape index (κ3) is 3.04. The first-order chi connectivity index (χ1) is 9.79. The Hall–Kier alpha value is -0.930. The largest absolute Gasteiger partial charge is 0.493 e. The predicted molar refractivity (Wildman–Crippen MR) is 80.8 cm³/mol. The van der Waals surface area contributed by atoms with E-state index in [9.17, 15) is 0 Å². The second-order valence-electron chi connectivity index (χ2n) is 5.75. The smallest absolute Gasteiger partial charge is 0.167 e. The van der Waals surface area contributed by atoms with Crippen LogP contribution in [0.5, 0.6) is 11.5 Å². The van der Waals surface area contributed by atoms with Crippen molar-refractivity contribution >= 4 is 11.6 Å². The molecule has 1 saturated heterocycles. The SMILES string of the molecule is COc1ccc(Cl)c(C2CCCCN2)c1OCC1CC1. The van der Waals surface area contributed by atoms with Crippen molar-refractivity contribution in [3.8, 4) is 11.5 Å². The highest BCUT2D eigenvalue weighted by atomic mass is 35.5. The summed E-state index contributed by atoms with van der Waals surface area (Å²) >= 11 is 6.45. The average Bonchev–Trinajstić information content (AvgIpc) is 3.30. The van der Waals surface area contributed by atoms with E-state index in [-0.39, 0.29) is 6.04 Å². The molecule has 1 aliphatic heterocycles. The molecule has 1 saturated carbocycles. The number of nitrogens with one attached hydrogen (secondary N) is 1. The Bertz CT molecular complexity index is 468. The zero-order valence-corrected chi connectivity index (χ0v) is 12.7. The molecule has 1 aliphatic carbocycles. The molecule has 0 aromatic heterocycles. The number of hydrogen-bond acceptors (Lipinski definition) is 3. The molecule has 1 atom stereocenters. The maximum absolute atomic E-state index is 6.45. The minimum atomic E-state index is 0.278. The third-order valence-corrected chi connectivity index (χ3v) is 4.48. The molecule has 3 rings (SSSR count). The Morgan fingerprint density at radius 1 is 1.25 bits per heavy atom. The first-order valence-electron chi connectivity index (χ1n) is 7.52. The summed E-state index contributed by atoms with van der Waals surface area (Å²) in [5.41, 5.74) is 1.08. The van der Waals surface area contributed by atoms with E-state index in [4.69, 9.17) is 21.1 Å². The monoisotopic (exact) mass is 295 g/mol. The number of piperidine rings is 1. The van der Waals surface area contributed by atoms with Gasteiger partial charge >= 0.3 is 0 Å². The van der Waals surface area contributed by atoms with Crippen LogP contribution in [0.15, 0.2) is 12.1 Å². The fourth-order valence-electron chi connectivity index (χ4n) is 2.77. The normalized spacial score (nSPS) is 22.6. The van der Waals surface area contributed by atoms with Crippen LogP contribution in [0.3, 0.4) is 0 Å². The minimum absolute atomic E-state index is 0.278. The zero-order valence-electron chi connectivity index (χ0n) is 12.0. The van der Waals surface area contributed by atoms with Crippen LogP contribution in [-0.2, 0) is 0 Å². The minimum Gasteiger partial charge on any atom is -0.493 e. The molecule has 2 aliphatic rings. The van der Waals surface area contributed by atoms with E-state index in [2.05, 4.69) is 5.32 Å². The molecule has 1 heterocycles. The van der Waals surface area contributed by atoms with Crippen LogP contribution in [-0.4, -0.2) is 20.3 Å². The lowest BCUT2D eigenvalue weighted by Crippen LogP contribution is -2.27. The highest BCUT2D eigenvalue weighted by molar-refractivity contribution is 6.31. The van der Waals surface area contributed by atoms with Crippen LogP contribution in [0.2, 0.25) is 5.02 Å². The fourth-order valence-corrected chi connectivity index (χ4v) is 3.05. The molecule has 0 amide bonds. The molecule has 2 fully saturated rings. The van der Waals surface area contributed by atoms with Gasteiger partial charge in [0.1, 0.15) is 0 Å². The van der Waals surface area contributed by atoms with E-state index in [1.54, 1.807) is 7.11 Å². The summed E-state index contributed by atoms with van der Waals surface area (Å²) in [7, 11) is 1.69. The van der Waals surface area contributed by atoms with Crippen molar-refractivity contribution in [1.29, 1.82) is 0 Å². The Kier molecular flexibility index (Phi) is 4.37. The second-order valence-corrected chi connectivity index (χ2v) is 6.16. The van der Waals surface area contributed by atoms with Gasteiger partial charge in [-0.25, -0.2) is 0 Å². The molecule has 20 heavy (non-hydrogen) atoms. The van der Waals surface area contributed by atoms with Gasteiger partial charge in [0.25, 0.3) is 0 Å². The summed E-state index contributed by atoms with van der Waals surface area (Å²) in [6.07, 6.45) is 6.12. The van der Waals surface area contributed by atoms with Crippen molar-refractivity contribution in [3.05, 3.63) is 22.7 Å². The van der Waals surface area contributed by atoms with Crippen LogP contribution < -0.4 is 14.8 Å². The molecule has 0 radical (unpaired) electrons. The van der Waals surface area contributed by atoms with Crippen molar-refractivity contribution in [1.82, 2.24) is 5.32 Å². The highest BCUT2D eigenvalue weighted by Crippen LogP contribution is 2.43. The van der Waals surface area contributed by atoms with Gasteiger partial charge in [0, 0.05) is 16.6 Å². The lowest BCUT2D eigenvalue weighted by Gasteiger charge is -2.27. The van der Waals surface area contributed by atoms with E-state index in [1.807, 2.05) is 12.1 Å². The first-order valence-corrected chi connectivity index (χ1v) is 7.90. The first kappa shape index (κ1) is 14.0. The third-order valence-electron chi connectivity index (χ3n) is 4.15. The van der Waals surface area contributed by atoms with E-state index < -0.39 is 0 Å². The molecule has 4 heteroatoms. The van der Waals surface area contributed by atoms with Gasteiger partial charge in [-0.05, 0) is 50.3 Å². The molecule has 110 valence electrons. The molecule has 0 spiro atoms. The average molecular weight is 296 g/mol. The predicted octanol–water partition coefficient (Wildman–Crippen LogP) is 3.95. The summed E-state index contributed by atoms with van der Waals surface area (Å²) in [6, 6.07) is 4.09. The van der Waals surface area contributed by atoms with Gasteiger partial charge in [-0.3, -0.25) is 0 Å². The van der Waals surface area contributed by atoms with Gasteiger partial charge in [0.05, 0.1) is 13.7 Å². The molecular weight excluding hydrogens is 274 g/mol. The molecule has 1 unspecified atom stereocenters. The van der Waals surface area contributed by atoms with Gasteiger partial charge in [-0.15, -0.1) is 0 Å². The second kappa shape index (κ2) is 6.23. The van der Waals surface area contributed by atoms with E-state index in [0.29, 0.717) is 5.92 Å². The van der Waals surface area contributed by atoms with Gasteiger partial charge in [0.2, 0.25) is 0 Å². The van der Waals surface area contributed by atoms with Gasteiger partial charge in [-0.2, -0.15) is 0 Å². The number of ether oxygens (including phenoxy) is 2. The van der Waals surface area contributed by atoms with E-state index in [0.717, 1.165) is 41.7 Å². The van der Waals surface area contributed by atoms with Crippen LogP contribution in [0.4, 0.5) is 0 Å². The maximum atomic E-state index is 6.45. The summed E-state index contributed by atoms with van der Waals surface area (Å²) in [4.78, 5) is 0. The highest BCUT2D eigenvalue weighted by Gasteiger charge is 2.27. The fraction of sp³-hybridized carbons (Fsp3) is 0.625. The van der Waals surface area contributed by atoms with E-state index >= 15 is 0 Å². The summed E-state index contributed by atoms with van der Waals surface area (Å²) in [5, 5.41) is 4.33. The summed E-state index contributed by atoms with van der Waals surface area (Å²) < 4.78 is 11.5. The number of methoxy groups -OCH3 is 1. The molecule has 1 aromatic rings. The van der Waals surface area contributed by atoms with Crippen LogP contribution >= 0.6 is 11.6 Å². The van der Waals surface area contributed by atoms with Crippen molar-refractivity contribution in [2.75, 3.05) is 20.3 Å². The molecule has 0 bridgehead atoms. The molecular formula is C16H22ClNO2. The van der Waals surface area contributed by atoms with Crippen molar-refractivity contribution < 1.29 is 9.47 Å². The van der Waals surface area contributed by atoms with Gasteiger partial charge in [0.15, 0.2) is 11.5 Å². The Morgan fingerprint density at radius 3 is 2.75 bits per heavy atom. The number of rotatable bonds is 5. The maximum Gasteiger partial charge on any atom is 0.167 e. The van der Waals surface area contributed by atoms with Crippen molar-refractivity contribution in [2.45, 2.75) is 38.1 Å².